The quantitative estimate of drug-likeness (QED) is 0.864. The molecule has 3 rings (SSSR count). The molecular formula is C18H25N3O3. The zero-order chi connectivity index (χ0) is 16.8. The average molecular weight is 331 g/mol. The number of rotatable bonds is 6. The van der Waals surface area contributed by atoms with Crippen molar-refractivity contribution in [3.8, 4) is 0 Å². The number of benzene rings is 1. The number of hydrogen-bond acceptors (Lipinski definition) is 4. The zero-order valence-corrected chi connectivity index (χ0v) is 14.0. The molecule has 1 aromatic carbocycles. The fourth-order valence-corrected chi connectivity index (χ4v) is 3.17. The average Bonchev–Trinajstić information content (AvgIpc) is 3.10. The second-order valence-corrected chi connectivity index (χ2v) is 6.39. The minimum Gasteiger partial charge on any atom is -0.449 e. The maximum atomic E-state index is 12.2. The van der Waals surface area contributed by atoms with Gasteiger partial charge in [-0.1, -0.05) is 12.1 Å². The Labute approximate surface area is 142 Å². The molecule has 24 heavy (non-hydrogen) atoms. The molecule has 6 nitrogen and oxygen atoms in total. The standard InChI is InChI=1S/C18H25N3O3/c22-17(19-8-12-21-11-3-13-24-18(21)23)16-6-4-15(5-7-16)14-20-9-1-2-10-20/h4-7H,1-3,8-14H2,(H,19,22). The SMILES string of the molecule is O=C(NCCN1CCCOC1=O)c1ccc(CN2CCCC2)cc1. The van der Waals surface area contributed by atoms with E-state index in [2.05, 4.69) is 10.2 Å². The maximum Gasteiger partial charge on any atom is 0.409 e. The first-order valence-electron chi connectivity index (χ1n) is 8.73. The lowest BCUT2D eigenvalue weighted by molar-refractivity contribution is 0.0719. The summed E-state index contributed by atoms with van der Waals surface area (Å²) in [6.07, 6.45) is 3.12. The van der Waals surface area contributed by atoms with Gasteiger partial charge in [-0.15, -0.1) is 0 Å². The zero-order valence-electron chi connectivity index (χ0n) is 14.0. The number of likely N-dealkylation sites (tertiary alicyclic amines) is 1. The van der Waals surface area contributed by atoms with Gasteiger partial charge in [-0.3, -0.25) is 9.69 Å². The number of nitrogens with zero attached hydrogens (tertiary/aromatic N) is 2. The molecule has 0 unspecified atom stereocenters. The van der Waals surface area contributed by atoms with Gasteiger partial charge in [0.25, 0.3) is 5.91 Å². The van der Waals surface area contributed by atoms with Crippen LogP contribution in [0.4, 0.5) is 4.79 Å². The lowest BCUT2D eigenvalue weighted by Gasteiger charge is -2.26. The third-order valence-corrected chi connectivity index (χ3v) is 4.54. The molecule has 1 N–H and O–H groups in total. The van der Waals surface area contributed by atoms with Crippen LogP contribution in [-0.4, -0.2) is 61.1 Å². The van der Waals surface area contributed by atoms with Crippen molar-refractivity contribution in [2.24, 2.45) is 0 Å². The topological polar surface area (TPSA) is 61.9 Å². The van der Waals surface area contributed by atoms with Gasteiger partial charge in [-0.05, 0) is 50.0 Å². The first-order valence-corrected chi connectivity index (χ1v) is 8.73. The Morgan fingerprint density at radius 3 is 2.54 bits per heavy atom. The highest BCUT2D eigenvalue weighted by molar-refractivity contribution is 5.94. The summed E-state index contributed by atoms with van der Waals surface area (Å²) in [5.41, 5.74) is 1.89. The molecular weight excluding hydrogens is 306 g/mol. The van der Waals surface area contributed by atoms with E-state index >= 15 is 0 Å². The van der Waals surface area contributed by atoms with E-state index in [9.17, 15) is 9.59 Å². The molecule has 0 spiro atoms. The van der Waals surface area contributed by atoms with Crippen LogP contribution in [0.25, 0.3) is 0 Å². The highest BCUT2D eigenvalue weighted by Crippen LogP contribution is 2.13. The Morgan fingerprint density at radius 2 is 1.83 bits per heavy atom. The molecule has 0 bridgehead atoms. The first kappa shape index (κ1) is 16.8. The van der Waals surface area contributed by atoms with Crippen molar-refractivity contribution in [1.82, 2.24) is 15.1 Å². The predicted molar refractivity (Wildman–Crippen MR) is 90.8 cm³/mol. The molecule has 2 fully saturated rings. The van der Waals surface area contributed by atoms with Gasteiger partial charge in [0, 0.05) is 31.7 Å². The summed E-state index contributed by atoms with van der Waals surface area (Å²) in [7, 11) is 0. The van der Waals surface area contributed by atoms with Crippen LogP contribution in [0.15, 0.2) is 24.3 Å². The molecule has 0 aromatic heterocycles. The van der Waals surface area contributed by atoms with Crippen molar-refractivity contribution < 1.29 is 14.3 Å². The number of cyclic esters (lactones) is 1. The largest absolute Gasteiger partial charge is 0.449 e. The van der Waals surface area contributed by atoms with Crippen molar-refractivity contribution in [3.63, 3.8) is 0 Å². The van der Waals surface area contributed by atoms with Crippen molar-refractivity contribution >= 4 is 12.0 Å². The second kappa shape index (κ2) is 8.15. The molecule has 0 atom stereocenters. The molecule has 130 valence electrons. The summed E-state index contributed by atoms with van der Waals surface area (Å²) in [5.74, 6) is -0.104. The normalized spacial score (nSPS) is 18.5. The van der Waals surface area contributed by atoms with Gasteiger partial charge in [-0.25, -0.2) is 4.79 Å². The fraction of sp³-hybridized carbons (Fsp3) is 0.556. The minimum absolute atomic E-state index is 0.104. The summed E-state index contributed by atoms with van der Waals surface area (Å²) < 4.78 is 4.97. The third kappa shape index (κ3) is 4.47. The van der Waals surface area contributed by atoms with Gasteiger partial charge < -0.3 is 15.0 Å². The molecule has 2 saturated heterocycles. The van der Waals surface area contributed by atoms with Crippen LogP contribution >= 0.6 is 0 Å². The molecule has 0 aliphatic carbocycles. The number of hydrogen-bond donors (Lipinski definition) is 1. The summed E-state index contributed by atoms with van der Waals surface area (Å²) in [4.78, 5) is 27.7. The highest BCUT2D eigenvalue weighted by atomic mass is 16.6. The van der Waals surface area contributed by atoms with Crippen LogP contribution in [0.2, 0.25) is 0 Å². The van der Waals surface area contributed by atoms with Crippen LogP contribution in [-0.2, 0) is 11.3 Å². The summed E-state index contributed by atoms with van der Waals surface area (Å²) >= 11 is 0. The maximum absolute atomic E-state index is 12.2. The third-order valence-electron chi connectivity index (χ3n) is 4.54. The molecule has 1 aromatic rings. The molecule has 2 amide bonds. The van der Waals surface area contributed by atoms with E-state index in [1.807, 2.05) is 24.3 Å². The van der Waals surface area contributed by atoms with Crippen LogP contribution in [0, 0.1) is 0 Å². The Bertz CT molecular complexity index is 567. The van der Waals surface area contributed by atoms with Gasteiger partial charge in [0.15, 0.2) is 0 Å². The van der Waals surface area contributed by atoms with Crippen LogP contribution in [0.1, 0.15) is 35.2 Å². The van der Waals surface area contributed by atoms with E-state index in [1.165, 1.54) is 31.5 Å². The van der Waals surface area contributed by atoms with Gasteiger partial charge in [0.05, 0.1) is 6.61 Å². The van der Waals surface area contributed by atoms with E-state index in [0.717, 1.165) is 13.0 Å². The number of nitrogens with one attached hydrogen (secondary N) is 1. The fourth-order valence-electron chi connectivity index (χ4n) is 3.17. The van der Waals surface area contributed by atoms with Crippen molar-refractivity contribution in [3.05, 3.63) is 35.4 Å². The first-order chi connectivity index (χ1) is 11.7. The van der Waals surface area contributed by atoms with Crippen molar-refractivity contribution in [2.75, 3.05) is 39.3 Å². The number of carbonyl (C=O) groups excluding carboxylic acids is 2. The van der Waals surface area contributed by atoms with Gasteiger partial charge in [0.2, 0.25) is 0 Å². The summed E-state index contributed by atoms with van der Waals surface area (Å²) in [6, 6.07) is 7.79. The predicted octanol–water partition coefficient (Wildman–Crippen LogP) is 1.85. The van der Waals surface area contributed by atoms with E-state index in [-0.39, 0.29) is 12.0 Å². The Morgan fingerprint density at radius 1 is 1.08 bits per heavy atom. The molecule has 0 saturated carbocycles. The van der Waals surface area contributed by atoms with Crippen molar-refractivity contribution in [2.45, 2.75) is 25.8 Å². The monoisotopic (exact) mass is 331 g/mol. The van der Waals surface area contributed by atoms with E-state index in [4.69, 9.17) is 4.74 Å². The Hall–Kier alpha value is -2.08. The molecule has 0 radical (unpaired) electrons. The Kier molecular flexibility index (Phi) is 5.69. The van der Waals surface area contributed by atoms with Crippen LogP contribution < -0.4 is 5.32 Å². The number of ether oxygens (including phenoxy) is 1. The van der Waals surface area contributed by atoms with Gasteiger partial charge in [-0.2, -0.15) is 0 Å². The van der Waals surface area contributed by atoms with E-state index < -0.39 is 0 Å². The van der Waals surface area contributed by atoms with E-state index in [1.54, 1.807) is 4.90 Å². The van der Waals surface area contributed by atoms with E-state index in [0.29, 0.717) is 31.8 Å². The molecule has 6 heteroatoms. The lowest BCUT2D eigenvalue weighted by Crippen LogP contribution is -2.42. The summed E-state index contributed by atoms with van der Waals surface area (Å²) in [5, 5.41) is 2.86. The smallest absolute Gasteiger partial charge is 0.409 e. The van der Waals surface area contributed by atoms with Crippen LogP contribution in [0.3, 0.4) is 0 Å². The molecule has 2 aliphatic heterocycles. The molecule has 2 aliphatic rings. The number of amides is 2. The lowest BCUT2D eigenvalue weighted by atomic mass is 10.1. The number of carbonyl (C=O) groups is 2. The molecule has 2 heterocycles. The highest BCUT2D eigenvalue weighted by Gasteiger charge is 2.19. The van der Waals surface area contributed by atoms with Gasteiger partial charge in [0.1, 0.15) is 0 Å². The Balaban J connectivity index is 1.43. The summed E-state index contributed by atoms with van der Waals surface area (Å²) in [6.45, 7) is 5.40. The van der Waals surface area contributed by atoms with Crippen molar-refractivity contribution in [1.29, 1.82) is 0 Å². The second-order valence-electron chi connectivity index (χ2n) is 6.39. The van der Waals surface area contributed by atoms with Crippen LogP contribution in [0.5, 0.6) is 0 Å². The minimum atomic E-state index is -0.290. The van der Waals surface area contributed by atoms with Gasteiger partial charge >= 0.3 is 6.09 Å².